The zero-order chi connectivity index (χ0) is 22.0. The Morgan fingerprint density at radius 3 is 2.52 bits per heavy atom. The number of carbonyl (C=O) groups is 1. The molecule has 0 radical (unpaired) electrons. The molecule has 2 aromatic carbocycles. The molecule has 0 unspecified atom stereocenters. The lowest BCUT2D eigenvalue weighted by Crippen LogP contribution is -2.32. The number of benzene rings is 2. The van der Waals surface area contributed by atoms with E-state index in [0.29, 0.717) is 29.6 Å². The molecular formula is C23H26ClN3O3S. The lowest BCUT2D eigenvalue weighted by atomic mass is 10.1. The number of hydrogen-bond acceptors (Lipinski definition) is 3. The first-order chi connectivity index (χ1) is 14.9. The maximum Gasteiger partial charge on any atom is 0.243 e. The van der Waals surface area contributed by atoms with Gasteiger partial charge in [0.05, 0.1) is 4.90 Å². The Morgan fingerprint density at radius 2 is 1.81 bits per heavy atom. The van der Waals surface area contributed by atoms with Gasteiger partial charge in [0.15, 0.2) is 0 Å². The van der Waals surface area contributed by atoms with E-state index in [9.17, 15) is 13.2 Å². The summed E-state index contributed by atoms with van der Waals surface area (Å²) in [6, 6.07) is 14.1. The first-order valence-corrected chi connectivity index (χ1v) is 12.3. The van der Waals surface area contributed by atoms with E-state index in [0.717, 1.165) is 35.7 Å². The van der Waals surface area contributed by atoms with Gasteiger partial charge in [-0.3, -0.25) is 4.79 Å². The highest BCUT2D eigenvalue weighted by Crippen LogP contribution is 2.27. The second kappa shape index (κ2) is 9.02. The van der Waals surface area contributed by atoms with Gasteiger partial charge in [0.25, 0.3) is 0 Å². The smallest absolute Gasteiger partial charge is 0.243 e. The predicted octanol–water partition coefficient (Wildman–Crippen LogP) is 4.00. The maximum atomic E-state index is 12.8. The van der Waals surface area contributed by atoms with E-state index in [1.54, 1.807) is 22.5 Å². The molecule has 1 aliphatic heterocycles. The van der Waals surface area contributed by atoms with Crippen molar-refractivity contribution in [2.75, 3.05) is 19.6 Å². The van der Waals surface area contributed by atoms with Crippen molar-refractivity contribution in [2.45, 2.75) is 37.1 Å². The minimum absolute atomic E-state index is 0.0831. The maximum absolute atomic E-state index is 12.8. The van der Waals surface area contributed by atoms with Gasteiger partial charge in [-0.05, 0) is 68.1 Å². The molecule has 1 N–H and O–H groups in total. The third-order valence-electron chi connectivity index (χ3n) is 5.82. The van der Waals surface area contributed by atoms with Crippen LogP contribution in [0, 0.1) is 0 Å². The highest BCUT2D eigenvalue weighted by molar-refractivity contribution is 7.89. The van der Waals surface area contributed by atoms with Crippen LogP contribution in [0.4, 0.5) is 0 Å². The van der Waals surface area contributed by atoms with Crippen LogP contribution in [-0.4, -0.2) is 42.8 Å². The summed E-state index contributed by atoms with van der Waals surface area (Å²) in [4.78, 5) is 13.0. The Labute approximate surface area is 187 Å². The topological polar surface area (TPSA) is 71.4 Å². The number of nitrogens with zero attached hydrogens (tertiary/aromatic N) is 2. The third kappa shape index (κ3) is 4.63. The summed E-state index contributed by atoms with van der Waals surface area (Å²) in [5.41, 5.74) is 1.94. The van der Waals surface area contributed by atoms with Gasteiger partial charge in [0.2, 0.25) is 15.9 Å². The molecule has 1 atom stereocenters. The molecule has 6 nitrogen and oxygen atoms in total. The van der Waals surface area contributed by atoms with Crippen LogP contribution in [0.1, 0.15) is 31.4 Å². The SMILES string of the molecule is C[C@@H](C(=O)NCCc1ccc(Cl)cc1)n1ccc2cc(S(=O)(=O)N3CCCC3)ccc21. The van der Waals surface area contributed by atoms with Crippen LogP contribution in [0.5, 0.6) is 0 Å². The van der Waals surface area contributed by atoms with Gasteiger partial charge in [0, 0.05) is 41.8 Å². The lowest BCUT2D eigenvalue weighted by molar-refractivity contribution is -0.123. The summed E-state index contributed by atoms with van der Waals surface area (Å²) in [5, 5.41) is 4.47. The summed E-state index contributed by atoms with van der Waals surface area (Å²) in [6.07, 6.45) is 4.37. The van der Waals surface area contributed by atoms with Crippen LogP contribution >= 0.6 is 11.6 Å². The van der Waals surface area contributed by atoms with Crippen molar-refractivity contribution in [3.8, 4) is 0 Å². The Balaban J connectivity index is 1.44. The minimum atomic E-state index is -3.46. The molecule has 0 spiro atoms. The van der Waals surface area contributed by atoms with Crippen molar-refractivity contribution in [2.24, 2.45) is 0 Å². The quantitative estimate of drug-likeness (QED) is 0.580. The Bertz CT molecular complexity index is 1180. The fourth-order valence-electron chi connectivity index (χ4n) is 3.97. The monoisotopic (exact) mass is 459 g/mol. The van der Waals surface area contributed by atoms with Crippen molar-refractivity contribution in [1.29, 1.82) is 0 Å². The van der Waals surface area contributed by atoms with Gasteiger partial charge in [-0.2, -0.15) is 4.31 Å². The largest absolute Gasteiger partial charge is 0.354 e. The summed E-state index contributed by atoms with van der Waals surface area (Å²) in [6.45, 7) is 3.53. The molecule has 1 saturated heterocycles. The zero-order valence-corrected chi connectivity index (χ0v) is 19.0. The second-order valence-corrected chi connectivity index (χ2v) is 10.3. The van der Waals surface area contributed by atoms with E-state index in [4.69, 9.17) is 11.6 Å². The fourth-order valence-corrected chi connectivity index (χ4v) is 5.65. The molecule has 0 bridgehead atoms. The summed E-state index contributed by atoms with van der Waals surface area (Å²) < 4.78 is 29.1. The molecule has 2 heterocycles. The summed E-state index contributed by atoms with van der Waals surface area (Å²) >= 11 is 5.90. The number of aromatic nitrogens is 1. The number of halogens is 1. The van der Waals surface area contributed by atoms with E-state index in [-0.39, 0.29) is 5.91 Å². The van der Waals surface area contributed by atoms with Crippen molar-refractivity contribution < 1.29 is 13.2 Å². The summed E-state index contributed by atoms with van der Waals surface area (Å²) in [7, 11) is -3.46. The van der Waals surface area contributed by atoms with Crippen LogP contribution in [0.15, 0.2) is 59.6 Å². The number of rotatable bonds is 7. The van der Waals surface area contributed by atoms with E-state index in [1.165, 1.54) is 0 Å². The van der Waals surface area contributed by atoms with E-state index < -0.39 is 16.1 Å². The van der Waals surface area contributed by atoms with Gasteiger partial charge >= 0.3 is 0 Å². The first-order valence-electron chi connectivity index (χ1n) is 10.5. The van der Waals surface area contributed by atoms with Gasteiger partial charge < -0.3 is 9.88 Å². The number of hydrogen-bond donors (Lipinski definition) is 1. The molecule has 31 heavy (non-hydrogen) atoms. The van der Waals surface area contributed by atoms with Crippen LogP contribution in [0.2, 0.25) is 5.02 Å². The molecule has 8 heteroatoms. The molecule has 3 aromatic rings. The molecular weight excluding hydrogens is 434 g/mol. The van der Waals surface area contributed by atoms with Crippen molar-refractivity contribution in [3.63, 3.8) is 0 Å². The van der Waals surface area contributed by atoms with E-state index in [1.807, 2.05) is 48.0 Å². The molecule has 0 saturated carbocycles. The summed E-state index contributed by atoms with van der Waals surface area (Å²) in [5.74, 6) is -0.0831. The number of nitrogens with one attached hydrogen (secondary N) is 1. The Kier molecular flexibility index (Phi) is 6.36. The third-order valence-corrected chi connectivity index (χ3v) is 7.96. The minimum Gasteiger partial charge on any atom is -0.354 e. The fraction of sp³-hybridized carbons (Fsp3) is 0.348. The standard InChI is InChI=1S/C23H26ClN3O3S/c1-17(23(28)25-12-10-18-4-6-20(24)7-5-18)27-15-11-19-16-21(8-9-22(19)27)31(29,30)26-13-2-3-14-26/h4-9,11,15-17H,2-3,10,12-14H2,1H3,(H,25,28)/t17-/m0/s1. The average Bonchev–Trinajstić information content (AvgIpc) is 3.44. The molecule has 4 rings (SSSR count). The number of carbonyl (C=O) groups excluding carboxylic acids is 1. The molecule has 0 aliphatic carbocycles. The van der Waals surface area contributed by atoms with Crippen molar-refractivity contribution in [3.05, 3.63) is 65.3 Å². The Hall–Kier alpha value is -2.35. The van der Waals surface area contributed by atoms with Gasteiger partial charge in [-0.1, -0.05) is 23.7 Å². The molecule has 164 valence electrons. The number of fused-ring (bicyclic) bond motifs is 1. The second-order valence-electron chi connectivity index (χ2n) is 7.90. The first kappa shape index (κ1) is 21.9. The molecule has 1 aliphatic rings. The van der Waals surface area contributed by atoms with Crippen LogP contribution in [0.3, 0.4) is 0 Å². The van der Waals surface area contributed by atoms with E-state index in [2.05, 4.69) is 5.32 Å². The van der Waals surface area contributed by atoms with Crippen LogP contribution in [-0.2, 0) is 21.2 Å². The predicted molar refractivity (Wildman–Crippen MR) is 123 cm³/mol. The van der Waals surface area contributed by atoms with E-state index >= 15 is 0 Å². The zero-order valence-electron chi connectivity index (χ0n) is 17.4. The van der Waals surface area contributed by atoms with Crippen molar-refractivity contribution in [1.82, 2.24) is 14.2 Å². The normalized spacial score (nSPS) is 15.9. The highest BCUT2D eigenvalue weighted by Gasteiger charge is 2.27. The highest BCUT2D eigenvalue weighted by atomic mass is 35.5. The van der Waals surface area contributed by atoms with Gasteiger partial charge in [-0.25, -0.2) is 8.42 Å². The Morgan fingerprint density at radius 1 is 1.10 bits per heavy atom. The molecule has 1 amide bonds. The molecule has 1 fully saturated rings. The van der Waals surface area contributed by atoms with Gasteiger partial charge in [-0.15, -0.1) is 0 Å². The lowest BCUT2D eigenvalue weighted by Gasteiger charge is -2.17. The van der Waals surface area contributed by atoms with Crippen molar-refractivity contribution >= 4 is 38.4 Å². The number of amides is 1. The van der Waals surface area contributed by atoms with Gasteiger partial charge in [0.1, 0.15) is 6.04 Å². The average molecular weight is 460 g/mol. The molecule has 1 aromatic heterocycles. The van der Waals surface area contributed by atoms with Crippen LogP contribution in [0.25, 0.3) is 10.9 Å². The van der Waals surface area contributed by atoms with Crippen LogP contribution < -0.4 is 5.32 Å². The number of sulfonamides is 1.